The lowest BCUT2D eigenvalue weighted by atomic mass is 10.1. The van der Waals surface area contributed by atoms with Gasteiger partial charge in [-0.3, -0.25) is 0 Å². The third-order valence-electron chi connectivity index (χ3n) is 2.95. The molecule has 2 rings (SSSR count). The van der Waals surface area contributed by atoms with E-state index in [1.807, 2.05) is 0 Å². The number of hydrogen-bond acceptors (Lipinski definition) is 3. The monoisotopic (exact) mass is 293 g/mol. The summed E-state index contributed by atoms with van der Waals surface area (Å²) >= 11 is 0. The summed E-state index contributed by atoms with van der Waals surface area (Å²) in [5.74, 6) is -2.68. The SMILES string of the molecule is COc1ccc(Nc2c(F)cc(C(=O)O)cc2F)cc1C. The van der Waals surface area contributed by atoms with E-state index in [1.165, 1.54) is 7.11 Å². The van der Waals surface area contributed by atoms with E-state index in [1.54, 1.807) is 25.1 Å². The van der Waals surface area contributed by atoms with Crippen molar-refractivity contribution in [3.8, 4) is 5.75 Å². The van der Waals surface area contributed by atoms with Crippen LogP contribution in [0.25, 0.3) is 0 Å². The van der Waals surface area contributed by atoms with Gasteiger partial charge in [0.15, 0.2) is 11.6 Å². The summed E-state index contributed by atoms with van der Waals surface area (Å²) in [6.07, 6.45) is 0. The van der Waals surface area contributed by atoms with E-state index in [4.69, 9.17) is 9.84 Å². The van der Waals surface area contributed by atoms with Crippen LogP contribution in [0.5, 0.6) is 5.75 Å². The highest BCUT2D eigenvalue weighted by Crippen LogP contribution is 2.28. The van der Waals surface area contributed by atoms with E-state index < -0.39 is 28.9 Å². The van der Waals surface area contributed by atoms with Crippen LogP contribution in [0.3, 0.4) is 0 Å². The van der Waals surface area contributed by atoms with E-state index in [0.717, 1.165) is 17.7 Å². The lowest BCUT2D eigenvalue weighted by molar-refractivity contribution is 0.0696. The number of nitrogens with one attached hydrogen (secondary N) is 1. The maximum atomic E-state index is 13.8. The van der Waals surface area contributed by atoms with Crippen molar-refractivity contribution in [2.24, 2.45) is 0 Å². The third-order valence-corrected chi connectivity index (χ3v) is 2.95. The van der Waals surface area contributed by atoms with Crippen molar-refractivity contribution >= 4 is 17.3 Å². The second-order valence-corrected chi connectivity index (χ2v) is 4.43. The number of halogens is 2. The lowest BCUT2D eigenvalue weighted by Crippen LogP contribution is -2.03. The molecular formula is C15H13F2NO3. The Hall–Kier alpha value is -2.63. The van der Waals surface area contributed by atoms with E-state index in [0.29, 0.717) is 11.4 Å². The van der Waals surface area contributed by atoms with Gasteiger partial charge in [0.2, 0.25) is 0 Å². The van der Waals surface area contributed by atoms with Gasteiger partial charge in [0, 0.05) is 5.69 Å². The van der Waals surface area contributed by atoms with Gasteiger partial charge in [0.1, 0.15) is 11.4 Å². The van der Waals surface area contributed by atoms with Crippen LogP contribution in [-0.4, -0.2) is 18.2 Å². The van der Waals surface area contributed by atoms with Crippen LogP contribution in [0.2, 0.25) is 0 Å². The Morgan fingerprint density at radius 2 is 1.81 bits per heavy atom. The predicted molar refractivity (Wildman–Crippen MR) is 74.3 cm³/mol. The molecule has 0 saturated carbocycles. The molecule has 2 aromatic rings. The molecular weight excluding hydrogens is 280 g/mol. The molecule has 110 valence electrons. The minimum absolute atomic E-state index is 0.399. The van der Waals surface area contributed by atoms with Crippen molar-refractivity contribution in [1.29, 1.82) is 0 Å². The van der Waals surface area contributed by atoms with Gasteiger partial charge < -0.3 is 15.2 Å². The number of rotatable bonds is 4. The number of aromatic carboxylic acids is 1. The van der Waals surface area contributed by atoms with Crippen LogP contribution in [-0.2, 0) is 0 Å². The molecule has 0 aromatic heterocycles. The molecule has 0 heterocycles. The van der Waals surface area contributed by atoms with Gasteiger partial charge in [-0.15, -0.1) is 0 Å². The summed E-state index contributed by atoms with van der Waals surface area (Å²) in [6, 6.07) is 6.48. The molecule has 0 bridgehead atoms. The molecule has 0 aliphatic heterocycles. The van der Waals surface area contributed by atoms with Crippen molar-refractivity contribution in [1.82, 2.24) is 0 Å². The number of benzene rings is 2. The number of carboxylic acid groups (broad SMARTS) is 1. The second-order valence-electron chi connectivity index (χ2n) is 4.43. The predicted octanol–water partition coefficient (Wildman–Crippen LogP) is 3.72. The molecule has 6 heteroatoms. The summed E-state index contributed by atoms with van der Waals surface area (Å²) in [6.45, 7) is 1.80. The number of hydrogen-bond donors (Lipinski definition) is 2. The summed E-state index contributed by atoms with van der Waals surface area (Å²) in [4.78, 5) is 10.7. The fourth-order valence-electron chi connectivity index (χ4n) is 1.92. The first-order chi connectivity index (χ1) is 9.92. The fourth-order valence-corrected chi connectivity index (χ4v) is 1.92. The average molecular weight is 293 g/mol. The third kappa shape index (κ3) is 3.10. The van der Waals surface area contributed by atoms with Gasteiger partial charge >= 0.3 is 5.97 Å². The van der Waals surface area contributed by atoms with Crippen molar-refractivity contribution in [2.75, 3.05) is 12.4 Å². The second kappa shape index (κ2) is 5.78. The standard InChI is InChI=1S/C15H13F2NO3/c1-8-5-10(3-4-13(8)21-2)18-14-11(16)6-9(15(19)20)7-12(14)17/h3-7,18H,1-2H3,(H,19,20). The Labute approximate surface area is 120 Å². The Bertz CT molecular complexity index is 678. The van der Waals surface area contributed by atoms with Crippen molar-refractivity contribution < 1.29 is 23.4 Å². The van der Waals surface area contributed by atoms with Crippen LogP contribution in [0.1, 0.15) is 15.9 Å². The molecule has 4 nitrogen and oxygen atoms in total. The molecule has 0 aliphatic rings. The van der Waals surface area contributed by atoms with E-state index in [9.17, 15) is 13.6 Å². The normalized spacial score (nSPS) is 10.3. The molecule has 0 saturated heterocycles. The highest BCUT2D eigenvalue weighted by molar-refractivity contribution is 5.88. The van der Waals surface area contributed by atoms with Gasteiger partial charge in [-0.25, -0.2) is 13.6 Å². The maximum Gasteiger partial charge on any atom is 0.335 e. The van der Waals surface area contributed by atoms with Crippen LogP contribution in [0.4, 0.5) is 20.2 Å². The smallest absolute Gasteiger partial charge is 0.335 e. The van der Waals surface area contributed by atoms with Gasteiger partial charge in [0.05, 0.1) is 12.7 Å². The topological polar surface area (TPSA) is 58.6 Å². The van der Waals surface area contributed by atoms with Gasteiger partial charge in [-0.1, -0.05) is 0 Å². The molecule has 0 amide bonds. The Kier molecular flexibility index (Phi) is 4.07. The summed E-state index contributed by atoms with van der Waals surface area (Å²) in [5.41, 5.74) is 0.422. The quantitative estimate of drug-likeness (QED) is 0.902. The zero-order valence-corrected chi connectivity index (χ0v) is 11.4. The van der Waals surface area contributed by atoms with Crippen molar-refractivity contribution in [3.05, 3.63) is 53.1 Å². The number of ether oxygens (including phenoxy) is 1. The van der Waals surface area contributed by atoms with Crippen LogP contribution >= 0.6 is 0 Å². The van der Waals surface area contributed by atoms with Crippen LogP contribution < -0.4 is 10.1 Å². The minimum Gasteiger partial charge on any atom is -0.496 e. The lowest BCUT2D eigenvalue weighted by Gasteiger charge is -2.12. The number of methoxy groups -OCH3 is 1. The summed E-state index contributed by atoms with van der Waals surface area (Å²) in [5, 5.41) is 11.3. The minimum atomic E-state index is -1.39. The maximum absolute atomic E-state index is 13.8. The number of carbonyl (C=O) groups is 1. The number of aryl methyl sites for hydroxylation is 1. The van der Waals surface area contributed by atoms with Crippen molar-refractivity contribution in [3.63, 3.8) is 0 Å². The van der Waals surface area contributed by atoms with E-state index in [2.05, 4.69) is 5.32 Å². The van der Waals surface area contributed by atoms with E-state index >= 15 is 0 Å². The molecule has 0 atom stereocenters. The van der Waals surface area contributed by atoms with Gasteiger partial charge in [0.25, 0.3) is 0 Å². The first kappa shape index (κ1) is 14.8. The fraction of sp³-hybridized carbons (Fsp3) is 0.133. The summed E-state index contributed by atoms with van der Waals surface area (Å²) < 4.78 is 32.7. The largest absolute Gasteiger partial charge is 0.496 e. The number of anilines is 2. The Balaban J connectivity index is 2.35. The molecule has 21 heavy (non-hydrogen) atoms. The van der Waals surface area contributed by atoms with Crippen molar-refractivity contribution in [2.45, 2.75) is 6.92 Å². The number of carboxylic acids is 1. The van der Waals surface area contributed by atoms with Crippen LogP contribution in [0.15, 0.2) is 30.3 Å². The van der Waals surface area contributed by atoms with Crippen LogP contribution in [0, 0.1) is 18.6 Å². The first-order valence-electron chi connectivity index (χ1n) is 6.06. The van der Waals surface area contributed by atoms with Gasteiger partial charge in [-0.05, 0) is 42.8 Å². The molecule has 2 aromatic carbocycles. The molecule has 0 unspecified atom stereocenters. The zero-order valence-electron chi connectivity index (χ0n) is 11.4. The molecule has 0 spiro atoms. The average Bonchev–Trinajstić information content (AvgIpc) is 2.42. The Morgan fingerprint density at radius 3 is 2.29 bits per heavy atom. The summed E-state index contributed by atoms with van der Waals surface area (Å²) in [7, 11) is 1.53. The molecule has 0 aliphatic carbocycles. The zero-order chi connectivity index (χ0) is 15.6. The molecule has 0 fully saturated rings. The van der Waals surface area contributed by atoms with E-state index in [-0.39, 0.29) is 0 Å². The first-order valence-corrected chi connectivity index (χ1v) is 6.06. The highest BCUT2D eigenvalue weighted by atomic mass is 19.1. The molecule has 2 N–H and O–H groups in total. The highest BCUT2D eigenvalue weighted by Gasteiger charge is 2.15. The Morgan fingerprint density at radius 1 is 1.19 bits per heavy atom. The molecule has 0 radical (unpaired) electrons. The van der Waals surface area contributed by atoms with Gasteiger partial charge in [-0.2, -0.15) is 0 Å².